The summed E-state index contributed by atoms with van der Waals surface area (Å²) in [5.74, 6) is 0. The van der Waals surface area contributed by atoms with E-state index in [9.17, 15) is 5.11 Å². The zero-order valence-electron chi connectivity index (χ0n) is 6.76. The third-order valence-electron chi connectivity index (χ3n) is 1.59. The molecule has 4 nitrogen and oxygen atoms in total. The van der Waals surface area contributed by atoms with Gasteiger partial charge in [-0.25, -0.2) is 4.98 Å². The van der Waals surface area contributed by atoms with Crippen molar-refractivity contribution in [3.05, 3.63) is 29.0 Å². The van der Waals surface area contributed by atoms with Crippen LogP contribution in [0, 0.1) is 0 Å². The molecule has 72 valence electrons. The highest BCUT2D eigenvalue weighted by Gasteiger charge is 2.18. The van der Waals surface area contributed by atoms with Crippen molar-refractivity contribution in [3.8, 4) is 0 Å². The van der Waals surface area contributed by atoms with Crippen molar-refractivity contribution in [3.63, 3.8) is 0 Å². The zero-order valence-corrected chi connectivity index (χ0v) is 7.52. The Morgan fingerprint density at radius 1 is 1.38 bits per heavy atom. The van der Waals surface area contributed by atoms with Crippen LogP contribution in [0.2, 0.25) is 5.15 Å². The summed E-state index contributed by atoms with van der Waals surface area (Å²) < 4.78 is 0. The number of aliphatic hydroxyl groups is 3. The maximum atomic E-state index is 9.38. The lowest BCUT2D eigenvalue weighted by molar-refractivity contribution is -0.0172. The van der Waals surface area contributed by atoms with Crippen LogP contribution in [0.25, 0.3) is 0 Å². The lowest BCUT2D eigenvalue weighted by Gasteiger charge is -2.14. The maximum absolute atomic E-state index is 9.38. The monoisotopic (exact) mass is 203 g/mol. The van der Waals surface area contributed by atoms with E-state index in [1.165, 1.54) is 6.07 Å². The standard InChI is InChI=1S/C8H10ClNO3/c9-7-3-1-2-5(10-7)8(13)6(12)4-11/h1-3,6,8,11-13H,4H2. The fraction of sp³-hybridized carbons (Fsp3) is 0.375. The smallest absolute Gasteiger partial charge is 0.129 e. The van der Waals surface area contributed by atoms with E-state index in [0.717, 1.165) is 0 Å². The minimum absolute atomic E-state index is 0.238. The average molecular weight is 204 g/mol. The van der Waals surface area contributed by atoms with Gasteiger partial charge in [-0.1, -0.05) is 17.7 Å². The molecule has 1 heterocycles. The summed E-state index contributed by atoms with van der Waals surface area (Å²) in [6, 6.07) is 4.69. The summed E-state index contributed by atoms with van der Waals surface area (Å²) in [5.41, 5.74) is 0.244. The molecule has 2 unspecified atom stereocenters. The van der Waals surface area contributed by atoms with Crippen LogP contribution in [-0.2, 0) is 0 Å². The van der Waals surface area contributed by atoms with Crippen molar-refractivity contribution in [1.82, 2.24) is 4.98 Å². The highest BCUT2D eigenvalue weighted by molar-refractivity contribution is 6.29. The first-order valence-corrected chi connectivity index (χ1v) is 4.12. The van der Waals surface area contributed by atoms with Gasteiger partial charge in [0.2, 0.25) is 0 Å². The number of hydrogen-bond donors (Lipinski definition) is 3. The van der Waals surface area contributed by atoms with Crippen molar-refractivity contribution in [2.24, 2.45) is 0 Å². The number of pyridine rings is 1. The molecule has 1 aromatic rings. The molecule has 1 aromatic heterocycles. The van der Waals surface area contributed by atoms with Crippen LogP contribution < -0.4 is 0 Å². The largest absolute Gasteiger partial charge is 0.394 e. The van der Waals surface area contributed by atoms with Gasteiger partial charge < -0.3 is 15.3 Å². The Balaban J connectivity index is 2.82. The summed E-state index contributed by atoms with van der Waals surface area (Å²) in [6.45, 7) is -0.518. The number of aliphatic hydroxyl groups excluding tert-OH is 3. The third kappa shape index (κ3) is 2.63. The molecule has 0 bridgehead atoms. The third-order valence-corrected chi connectivity index (χ3v) is 1.80. The second kappa shape index (κ2) is 4.53. The van der Waals surface area contributed by atoms with Crippen molar-refractivity contribution in [2.75, 3.05) is 6.61 Å². The summed E-state index contributed by atoms with van der Waals surface area (Å²) in [4.78, 5) is 3.79. The molecule has 0 radical (unpaired) electrons. The molecule has 13 heavy (non-hydrogen) atoms. The van der Waals surface area contributed by atoms with E-state index in [-0.39, 0.29) is 10.8 Å². The van der Waals surface area contributed by atoms with Gasteiger partial charge in [-0.05, 0) is 12.1 Å². The summed E-state index contributed by atoms with van der Waals surface area (Å²) >= 11 is 5.57. The summed E-state index contributed by atoms with van der Waals surface area (Å²) in [5, 5.41) is 27.3. The second-order valence-corrected chi connectivity index (χ2v) is 2.97. The fourth-order valence-electron chi connectivity index (χ4n) is 0.886. The molecular formula is C8H10ClNO3. The quantitative estimate of drug-likeness (QED) is 0.611. The van der Waals surface area contributed by atoms with E-state index in [1.807, 2.05) is 0 Å². The molecule has 0 aliphatic heterocycles. The average Bonchev–Trinajstić information content (AvgIpc) is 2.15. The molecule has 0 saturated heterocycles. The zero-order chi connectivity index (χ0) is 9.84. The van der Waals surface area contributed by atoms with Gasteiger partial charge in [0.1, 0.15) is 17.4 Å². The van der Waals surface area contributed by atoms with E-state index in [0.29, 0.717) is 0 Å². The molecule has 2 atom stereocenters. The van der Waals surface area contributed by atoms with Crippen LogP contribution >= 0.6 is 11.6 Å². The van der Waals surface area contributed by atoms with Crippen LogP contribution in [0.3, 0.4) is 0 Å². The van der Waals surface area contributed by atoms with Gasteiger partial charge in [0, 0.05) is 0 Å². The Kier molecular flexibility index (Phi) is 3.62. The Labute approximate surface area is 80.4 Å². The predicted molar refractivity (Wildman–Crippen MR) is 47.3 cm³/mol. The van der Waals surface area contributed by atoms with Gasteiger partial charge in [0.25, 0.3) is 0 Å². The SMILES string of the molecule is OCC(O)C(O)c1cccc(Cl)n1. The summed E-state index contributed by atoms with van der Waals surface area (Å²) in [6.07, 6.45) is -2.44. The first-order valence-electron chi connectivity index (χ1n) is 3.74. The van der Waals surface area contributed by atoms with Crippen molar-refractivity contribution < 1.29 is 15.3 Å². The van der Waals surface area contributed by atoms with Crippen molar-refractivity contribution in [2.45, 2.75) is 12.2 Å². The Hall–Kier alpha value is -0.680. The Bertz CT molecular complexity index is 282. The normalized spacial score (nSPS) is 15.4. The highest BCUT2D eigenvalue weighted by atomic mass is 35.5. The molecule has 1 rings (SSSR count). The van der Waals surface area contributed by atoms with Gasteiger partial charge in [0.15, 0.2) is 0 Å². The molecule has 0 saturated carbocycles. The molecule has 0 spiro atoms. The van der Waals surface area contributed by atoms with Crippen LogP contribution in [0.15, 0.2) is 18.2 Å². The number of rotatable bonds is 3. The topological polar surface area (TPSA) is 73.6 Å². The minimum Gasteiger partial charge on any atom is -0.394 e. The number of aromatic nitrogens is 1. The van der Waals surface area contributed by atoms with Crippen molar-refractivity contribution in [1.29, 1.82) is 0 Å². The first kappa shape index (κ1) is 10.4. The molecule has 5 heteroatoms. The van der Waals surface area contributed by atoms with Crippen LogP contribution in [0.1, 0.15) is 11.8 Å². The van der Waals surface area contributed by atoms with Crippen LogP contribution in [0.5, 0.6) is 0 Å². The fourth-order valence-corrected chi connectivity index (χ4v) is 1.06. The lowest BCUT2D eigenvalue weighted by Crippen LogP contribution is -2.22. The van der Waals surface area contributed by atoms with Gasteiger partial charge >= 0.3 is 0 Å². The first-order chi connectivity index (χ1) is 6.15. The van der Waals surface area contributed by atoms with Gasteiger partial charge in [-0.2, -0.15) is 0 Å². The van der Waals surface area contributed by atoms with E-state index >= 15 is 0 Å². The highest BCUT2D eigenvalue weighted by Crippen LogP contribution is 2.16. The maximum Gasteiger partial charge on any atom is 0.129 e. The number of nitrogens with zero attached hydrogens (tertiary/aromatic N) is 1. The molecule has 0 aliphatic rings. The van der Waals surface area contributed by atoms with Gasteiger partial charge in [-0.3, -0.25) is 0 Å². The minimum atomic E-state index is -1.23. The van der Waals surface area contributed by atoms with E-state index < -0.39 is 18.8 Å². The second-order valence-electron chi connectivity index (χ2n) is 2.58. The Morgan fingerprint density at radius 3 is 2.62 bits per heavy atom. The van der Waals surface area contributed by atoms with Gasteiger partial charge in [0.05, 0.1) is 12.3 Å². The van der Waals surface area contributed by atoms with E-state index in [2.05, 4.69) is 4.98 Å². The van der Waals surface area contributed by atoms with Crippen LogP contribution in [-0.4, -0.2) is 33.0 Å². The van der Waals surface area contributed by atoms with E-state index in [4.69, 9.17) is 21.8 Å². The van der Waals surface area contributed by atoms with Crippen LogP contribution in [0.4, 0.5) is 0 Å². The summed E-state index contributed by atoms with van der Waals surface area (Å²) in [7, 11) is 0. The molecular weight excluding hydrogens is 194 g/mol. The van der Waals surface area contributed by atoms with Gasteiger partial charge in [-0.15, -0.1) is 0 Å². The molecule has 0 aromatic carbocycles. The number of halogens is 1. The van der Waals surface area contributed by atoms with Crippen molar-refractivity contribution >= 4 is 11.6 Å². The molecule has 3 N–H and O–H groups in total. The van der Waals surface area contributed by atoms with E-state index in [1.54, 1.807) is 12.1 Å². The molecule has 0 fully saturated rings. The predicted octanol–water partition coefficient (Wildman–Crippen LogP) is 0.122. The lowest BCUT2D eigenvalue weighted by atomic mass is 10.1. The molecule has 0 amide bonds. The number of hydrogen-bond acceptors (Lipinski definition) is 4. The Morgan fingerprint density at radius 2 is 2.08 bits per heavy atom. The molecule has 0 aliphatic carbocycles.